The van der Waals surface area contributed by atoms with Gasteiger partial charge < -0.3 is 20.1 Å². The molecule has 1 rings (SSSR count). The van der Waals surface area contributed by atoms with E-state index in [-0.39, 0.29) is 35.1 Å². The molecule has 0 aliphatic carbocycles. The molecule has 138 valence electrons. The van der Waals surface area contributed by atoms with Crippen molar-refractivity contribution in [3.05, 3.63) is 17.7 Å². The molecule has 0 aliphatic heterocycles. The van der Waals surface area contributed by atoms with Crippen LogP contribution in [-0.2, 0) is 4.74 Å². The van der Waals surface area contributed by atoms with Crippen LogP contribution in [0.4, 0.5) is 0 Å². The molecule has 5 nitrogen and oxygen atoms in total. The number of esters is 1. The monoisotopic (exact) mass is 362 g/mol. The van der Waals surface area contributed by atoms with E-state index in [1.165, 1.54) is 44.9 Å². The molecule has 0 unspecified atom stereocenters. The average molecular weight is 362 g/mol. The number of hydrogen-bond acceptors (Lipinski definition) is 5. The van der Waals surface area contributed by atoms with E-state index in [9.17, 15) is 20.1 Å². The van der Waals surface area contributed by atoms with Crippen LogP contribution in [0.5, 0.6) is 17.2 Å². The Balaban J connectivity index is 0.00000576. The van der Waals surface area contributed by atoms with E-state index in [2.05, 4.69) is 6.92 Å². The second-order valence-electron chi connectivity index (χ2n) is 6.18. The maximum absolute atomic E-state index is 11.8. The molecule has 1 aromatic carbocycles. The summed E-state index contributed by atoms with van der Waals surface area (Å²) in [5.74, 6) is -2.33. The second kappa shape index (κ2) is 14.3. The number of unbranched alkanes of at least 4 members (excludes halogenated alkanes) is 9. The molecule has 0 amide bonds. The number of phenols is 3. The number of ether oxygens (including phenoxy) is 1. The van der Waals surface area contributed by atoms with Crippen molar-refractivity contribution in [2.45, 2.75) is 71.1 Å². The van der Waals surface area contributed by atoms with Crippen molar-refractivity contribution in [2.75, 3.05) is 6.61 Å². The van der Waals surface area contributed by atoms with Gasteiger partial charge in [-0.05, 0) is 18.6 Å². The van der Waals surface area contributed by atoms with Gasteiger partial charge in [-0.2, -0.15) is 0 Å². The first-order chi connectivity index (χ1) is 11.6. The van der Waals surface area contributed by atoms with E-state index in [1.54, 1.807) is 0 Å². The van der Waals surface area contributed by atoms with E-state index in [0.29, 0.717) is 6.61 Å². The quantitative estimate of drug-likeness (QED) is 0.224. The molecule has 0 aromatic heterocycles. The first-order valence-electron chi connectivity index (χ1n) is 8.98. The van der Waals surface area contributed by atoms with Crippen molar-refractivity contribution in [1.29, 1.82) is 0 Å². The molecule has 0 fully saturated rings. The number of aromatic hydroxyl groups is 3. The Hall–Kier alpha value is -0.910. The summed E-state index contributed by atoms with van der Waals surface area (Å²) in [6, 6.07) is 2.16. The van der Waals surface area contributed by atoms with E-state index in [0.717, 1.165) is 31.4 Å². The Morgan fingerprint density at radius 1 is 0.840 bits per heavy atom. The standard InChI is InChI=1S/C19H30O5.Na.H/c1-2-3-4-5-6-7-8-9-10-11-12-24-19(23)15-13-16(20)18(22)17(21)14-15;;/h13-14,20-22H,2-12H2,1H3;;. The number of benzene rings is 1. The summed E-state index contributed by atoms with van der Waals surface area (Å²) in [6.07, 6.45) is 12.1. The summed E-state index contributed by atoms with van der Waals surface area (Å²) in [4.78, 5) is 11.8. The minimum absolute atomic E-state index is 0. The number of rotatable bonds is 12. The van der Waals surface area contributed by atoms with Gasteiger partial charge in [0.15, 0.2) is 17.2 Å². The van der Waals surface area contributed by atoms with E-state index < -0.39 is 23.2 Å². The summed E-state index contributed by atoms with van der Waals surface area (Å²) < 4.78 is 5.11. The Kier molecular flexibility index (Phi) is 13.8. The molecule has 0 atom stereocenters. The molecule has 3 N–H and O–H groups in total. The summed E-state index contributed by atoms with van der Waals surface area (Å²) in [6.45, 7) is 2.54. The molecule has 6 heteroatoms. The van der Waals surface area contributed by atoms with E-state index in [1.807, 2.05) is 0 Å². The molecule has 0 saturated carbocycles. The minimum atomic E-state index is -0.638. The molecule has 0 aliphatic rings. The fourth-order valence-electron chi connectivity index (χ4n) is 2.56. The van der Waals surface area contributed by atoms with Crippen LogP contribution in [0.25, 0.3) is 0 Å². The average Bonchev–Trinajstić information content (AvgIpc) is 2.56. The number of carbonyl (C=O) groups is 1. The summed E-state index contributed by atoms with van der Waals surface area (Å²) in [7, 11) is 0. The van der Waals surface area contributed by atoms with Crippen LogP contribution in [0.2, 0.25) is 0 Å². The van der Waals surface area contributed by atoms with Gasteiger partial charge in [-0.15, -0.1) is 0 Å². The predicted molar refractivity (Wildman–Crippen MR) is 101 cm³/mol. The van der Waals surface area contributed by atoms with Gasteiger partial charge in [0.05, 0.1) is 12.2 Å². The Morgan fingerprint density at radius 2 is 1.28 bits per heavy atom. The van der Waals surface area contributed by atoms with Crippen LogP contribution in [0.3, 0.4) is 0 Å². The van der Waals surface area contributed by atoms with Gasteiger partial charge in [0.25, 0.3) is 0 Å². The summed E-state index contributed by atoms with van der Waals surface area (Å²) in [5, 5.41) is 28.0. The molecule has 0 spiro atoms. The maximum atomic E-state index is 11.8. The van der Waals surface area contributed by atoms with Crippen molar-refractivity contribution in [3.8, 4) is 17.2 Å². The van der Waals surface area contributed by atoms with Crippen LogP contribution in [0.1, 0.15) is 81.5 Å². The fourth-order valence-corrected chi connectivity index (χ4v) is 2.56. The molecular weight excluding hydrogens is 331 g/mol. The molecule has 0 heterocycles. The van der Waals surface area contributed by atoms with Gasteiger partial charge in [-0.25, -0.2) is 4.79 Å². The zero-order valence-corrected chi connectivity index (χ0v) is 14.6. The third kappa shape index (κ3) is 9.97. The fraction of sp³-hybridized carbons (Fsp3) is 0.632. The number of hydrogen-bond donors (Lipinski definition) is 3. The van der Waals surface area contributed by atoms with Gasteiger partial charge in [-0.1, -0.05) is 64.7 Å². The Labute approximate surface area is 172 Å². The molecular formula is C19H31NaO5. The van der Waals surface area contributed by atoms with Crippen LogP contribution < -0.4 is 0 Å². The summed E-state index contributed by atoms with van der Waals surface area (Å²) in [5.41, 5.74) is 0.0230. The van der Waals surface area contributed by atoms with Crippen LogP contribution in [0.15, 0.2) is 12.1 Å². The molecule has 0 bridgehead atoms. The summed E-state index contributed by atoms with van der Waals surface area (Å²) >= 11 is 0. The normalized spacial score (nSPS) is 10.3. The first kappa shape index (κ1) is 24.1. The zero-order valence-electron chi connectivity index (χ0n) is 14.6. The number of carbonyl (C=O) groups excluding carboxylic acids is 1. The Bertz CT molecular complexity index is 482. The molecule has 0 saturated heterocycles. The van der Waals surface area contributed by atoms with Gasteiger partial charge in [0, 0.05) is 0 Å². The second-order valence-corrected chi connectivity index (χ2v) is 6.18. The van der Waals surface area contributed by atoms with Crippen molar-refractivity contribution in [3.63, 3.8) is 0 Å². The SMILES string of the molecule is CCCCCCCCCCCCOC(=O)c1cc(O)c(O)c(O)c1.[NaH]. The predicted octanol–water partition coefficient (Wildman–Crippen LogP) is 4.23. The van der Waals surface area contributed by atoms with E-state index in [4.69, 9.17) is 4.74 Å². The van der Waals surface area contributed by atoms with Gasteiger partial charge in [0.1, 0.15) is 0 Å². The molecule has 0 radical (unpaired) electrons. The van der Waals surface area contributed by atoms with Gasteiger partial charge in [-0.3, -0.25) is 0 Å². The van der Waals surface area contributed by atoms with Crippen LogP contribution >= 0.6 is 0 Å². The molecule has 25 heavy (non-hydrogen) atoms. The first-order valence-corrected chi connectivity index (χ1v) is 8.98. The van der Waals surface area contributed by atoms with Crippen LogP contribution in [0, 0.1) is 0 Å². The van der Waals surface area contributed by atoms with Crippen molar-refractivity contribution in [2.24, 2.45) is 0 Å². The zero-order chi connectivity index (χ0) is 17.8. The Morgan fingerprint density at radius 3 is 1.76 bits per heavy atom. The van der Waals surface area contributed by atoms with Gasteiger partial charge in [0.2, 0.25) is 0 Å². The number of phenolic OH excluding ortho intramolecular Hbond substituents is 3. The van der Waals surface area contributed by atoms with E-state index >= 15 is 0 Å². The third-order valence-corrected chi connectivity index (χ3v) is 4.04. The van der Waals surface area contributed by atoms with Crippen LogP contribution in [-0.4, -0.2) is 57.5 Å². The molecule has 1 aromatic rings. The topological polar surface area (TPSA) is 87.0 Å². The van der Waals surface area contributed by atoms with Crippen molar-refractivity contribution >= 4 is 35.5 Å². The van der Waals surface area contributed by atoms with Crippen molar-refractivity contribution in [1.82, 2.24) is 0 Å². The third-order valence-electron chi connectivity index (χ3n) is 4.04. The van der Waals surface area contributed by atoms with Gasteiger partial charge >= 0.3 is 35.5 Å². The van der Waals surface area contributed by atoms with Crippen molar-refractivity contribution < 1.29 is 24.9 Å².